The minimum Gasteiger partial charge on any atom is -0.396 e. The third-order valence-electron chi connectivity index (χ3n) is 3.30. The van der Waals surface area contributed by atoms with Gasteiger partial charge in [0, 0.05) is 23.9 Å². The Morgan fingerprint density at radius 1 is 1.05 bits per heavy atom. The molecule has 0 unspecified atom stereocenters. The van der Waals surface area contributed by atoms with Crippen LogP contribution in [0.5, 0.6) is 0 Å². The van der Waals surface area contributed by atoms with E-state index in [0.717, 1.165) is 21.5 Å². The van der Waals surface area contributed by atoms with Crippen molar-refractivity contribution in [2.75, 3.05) is 24.2 Å². The molecule has 102 valence electrons. The van der Waals surface area contributed by atoms with Gasteiger partial charge in [-0.15, -0.1) is 10.2 Å². The second-order valence-corrected chi connectivity index (χ2v) is 4.68. The molecule has 3 aromatic rings. The number of hydrogen-bond donors (Lipinski definition) is 3. The van der Waals surface area contributed by atoms with E-state index in [1.807, 2.05) is 24.3 Å². The summed E-state index contributed by atoms with van der Waals surface area (Å²) in [6.07, 6.45) is 0.668. The lowest BCUT2D eigenvalue weighted by molar-refractivity contribution is 0.292. The molecule has 0 radical (unpaired) electrons. The van der Waals surface area contributed by atoms with Crippen LogP contribution in [0.4, 0.5) is 11.6 Å². The van der Waals surface area contributed by atoms with Gasteiger partial charge < -0.3 is 16.2 Å². The summed E-state index contributed by atoms with van der Waals surface area (Å²) in [4.78, 5) is 0. The molecule has 2 aromatic carbocycles. The monoisotopic (exact) mass is 268 g/mol. The molecule has 4 N–H and O–H groups in total. The molecule has 0 fully saturated rings. The van der Waals surface area contributed by atoms with Gasteiger partial charge in [0.1, 0.15) is 0 Å². The summed E-state index contributed by atoms with van der Waals surface area (Å²) in [6.45, 7) is 0.799. The van der Waals surface area contributed by atoms with Crippen LogP contribution >= 0.6 is 0 Å². The number of anilines is 2. The molecule has 20 heavy (non-hydrogen) atoms. The fraction of sp³-hybridized carbons (Fsp3) is 0.200. The number of nitrogens with two attached hydrogens (primary N) is 1. The Bertz CT molecular complexity index is 757. The fourth-order valence-electron chi connectivity index (χ4n) is 2.28. The van der Waals surface area contributed by atoms with Crippen molar-refractivity contribution < 1.29 is 5.11 Å². The van der Waals surface area contributed by atoms with Crippen LogP contribution < -0.4 is 11.1 Å². The molecule has 0 atom stereocenters. The maximum Gasteiger partial charge on any atom is 0.156 e. The van der Waals surface area contributed by atoms with Gasteiger partial charge in [-0.2, -0.15) is 0 Å². The summed E-state index contributed by atoms with van der Waals surface area (Å²) in [6, 6.07) is 12.2. The molecular formula is C15H16N4O. The number of nitrogen functional groups attached to an aromatic ring is 1. The van der Waals surface area contributed by atoms with Gasteiger partial charge in [0.15, 0.2) is 11.6 Å². The normalized spacial score (nSPS) is 11.1. The van der Waals surface area contributed by atoms with E-state index in [-0.39, 0.29) is 6.61 Å². The predicted molar refractivity (Wildman–Crippen MR) is 81.6 cm³/mol. The van der Waals surface area contributed by atoms with Crippen LogP contribution in [0.2, 0.25) is 0 Å². The van der Waals surface area contributed by atoms with Gasteiger partial charge in [-0.05, 0) is 29.3 Å². The quantitative estimate of drug-likeness (QED) is 0.499. The average Bonchev–Trinajstić information content (AvgIpc) is 2.48. The van der Waals surface area contributed by atoms with Gasteiger partial charge >= 0.3 is 0 Å². The Kier molecular flexibility index (Phi) is 3.35. The van der Waals surface area contributed by atoms with Crippen molar-refractivity contribution in [3.8, 4) is 0 Å². The lowest BCUT2D eigenvalue weighted by Crippen LogP contribution is -2.07. The number of aliphatic hydroxyl groups excluding tert-OH is 1. The van der Waals surface area contributed by atoms with E-state index in [9.17, 15) is 0 Å². The van der Waals surface area contributed by atoms with Crippen LogP contribution in [0.3, 0.4) is 0 Å². The molecule has 1 aromatic heterocycles. The Labute approximate surface area is 116 Å². The third kappa shape index (κ3) is 2.23. The Hall–Kier alpha value is -2.40. The SMILES string of the molecule is Nc1nnc(NCCCO)c2cc3ccccc3cc12. The highest BCUT2D eigenvalue weighted by Gasteiger charge is 2.08. The van der Waals surface area contributed by atoms with E-state index in [2.05, 4.69) is 27.6 Å². The standard InChI is InChI=1S/C15H16N4O/c16-14-12-8-10-4-1-2-5-11(10)9-13(12)15(19-18-14)17-6-3-7-20/h1-2,4-5,8-9,20H,3,6-7H2,(H2,16,18)(H,17,19). The number of fused-ring (bicyclic) bond motifs is 2. The van der Waals surface area contributed by atoms with Crippen molar-refractivity contribution in [2.45, 2.75) is 6.42 Å². The van der Waals surface area contributed by atoms with E-state index in [4.69, 9.17) is 10.8 Å². The lowest BCUT2D eigenvalue weighted by atomic mass is 10.0. The van der Waals surface area contributed by atoms with E-state index in [0.29, 0.717) is 24.6 Å². The fourth-order valence-corrected chi connectivity index (χ4v) is 2.28. The molecule has 0 spiro atoms. The maximum atomic E-state index is 8.85. The smallest absolute Gasteiger partial charge is 0.156 e. The summed E-state index contributed by atoms with van der Waals surface area (Å²) in [5.41, 5.74) is 5.93. The van der Waals surface area contributed by atoms with Crippen molar-refractivity contribution in [3.05, 3.63) is 36.4 Å². The van der Waals surface area contributed by atoms with Gasteiger partial charge in [-0.1, -0.05) is 24.3 Å². The van der Waals surface area contributed by atoms with E-state index >= 15 is 0 Å². The molecule has 5 nitrogen and oxygen atoms in total. The molecule has 3 rings (SSSR count). The van der Waals surface area contributed by atoms with Gasteiger partial charge in [0.2, 0.25) is 0 Å². The average molecular weight is 268 g/mol. The molecule has 0 aliphatic heterocycles. The second kappa shape index (κ2) is 5.30. The van der Waals surface area contributed by atoms with Crippen LogP contribution in [0.15, 0.2) is 36.4 Å². The van der Waals surface area contributed by atoms with Crippen LogP contribution in [0, 0.1) is 0 Å². The Morgan fingerprint density at radius 2 is 1.75 bits per heavy atom. The minimum atomic E-state index is 0.149. The summed E-state index contributed by atoms with van der Waals surface area (Å²) >= 11 is 0. The zero-order chi connectivity index (χ0) is 13.9. The second-order valence-electron chi connectivity index (χ2n) is 4.68. The molecule has 0 saturated heterocycles. The zero-order valence-corrected chi connectivity index (χ0v) is 11.0. The Morgan fingerprint density at radius 3 is 2.45 bits per heavy atom. The molecule has 1 heterocycles. The third-order valence-corrected chi connectivity index (χ3v) is 3.30. The first-order valence-electron chi connectivity index (χ1n) is 6.59. The molecule has 0 bridgehead atoms. The van der Waals surface area contributed by atoms with Crippen LogP contribution in [-0.2, 0) is 0 Å². The number of nitrogens with one attached hydrogen (secondary N) is 1. The molecule has 0 aliphatic rings. The highest BCUT2D eigenvalue weighted by molar-refractivity contribution is 6.06. The zero-order valence-electron chi connectivity index (χ0n) is 11.0. The lowest BCUT2D eigenvalue weighted by Gasteiger charge is -2.10. The number of rotatable bonds is 4. The molecule has 0 saturated carbocycles. The number of aliphatic hydroxyl groups is 1. The number of aromatic nitrogens is 2. The summed E-state index contributed by atoms with van der Waals surface area (Å²) in [5, 5.41) is 24.3. The van der Waals surface area contributed by atoms with E-state index in [1.165, 1.54) is 0 Å². The largest absolute Gasteiger partial charge is 0.396 e. The van der Waals surface area contributed by atoms with Crippen molar-refractivity contribution in [1.29, 1.82) is 0 Å². The van der Waals surface area contributed by atoms with Gasteiger partial charge in [0.05, 0.1) is 0 Å². The summed E-state index contributed by atoms with van der Waals surface area (Å²) in [7, 11) is 0. The first kappa shape index (κ1) is 12.6. The summed E-state index contributed by atoms with van der Waals surface area (Å²) < 4.78 is 0. The first-order chi connectivity index (χ1) is 9.79. The molecule has 0 aliphatic carbocycles. The molecule has 0 amide bonds. The highest BCUT2D eigenvalue weighted by atomic mass is 16.3. The number of benzene rings is 2. The number of nitrogens with zero attached hydrogens (tertiary/aromatic N) is 2. The topological polar surface area (TPSA) is 84.1 Å². The van der Waals surface area contributed by atoms with Gasteiger partial charge in [0.25, 0.3) is 0 Å². The van der Waals surface area contributed by atoms with E-state index < -0.39 is 0 Å². The van der Waals surface area contributed by atoms with Crippen molar-refractivity contribution in [2.24, 2.45) is 0 Å². The minimum absolute atomic E-state index is 0.149. The number of hydrogen-bond acceptors (Lipinski definition) is 5. The van der Waals surface area contributed by atoms with Crippen LogP contribution in [0.1, 0.15) is 6.42 Å². The van der Waals surface area contributed by atoms with Crippen molar-refractivity contribution in [3.63, 3.8) is 0 Å². The first-order valence-corrected chi connectivity index (χ1v) is 6.59. The summed E-state index contributed by atoms with van der Waals surface area (Å²) in [5.74, 6) is 1.13. The van der Waals surface area contributed by atoms with Crippen molar-refractivity contribution >= 4 is 33.2 Å². The van der Waals surface area contributed by atoms with Crippen molar-refractivity contribution in [1.82, 2.24) is 10.2 Å². The van der Waals surface area contributed by atoms with Crippen LogP contribution in [0.25, 0.3) is 21.5 Å². The Balaban J connectivity index is 2.16. The van der Waals surface area contributed by atoms with Crippen LogP contribution in [-0.4, -0.2) is 28.5 Å². The van der Waals surface area contributed by atoms with Gasteiger partial charge in [-0.3, -0.25) is 0 Å². The maximum absolute atomic E-state index is 8.85. The predicted octanol–water partition coefficient (Wildman–Crippen LogP) is 2.16. The van der Waals surface area contributed by atoms with Gasteiger partial charge in [-0.25, -0.2) is 0 Å². The molecular weight excluding hydrogens is 252 g/mol. The van der Waals surface area contributed by atoms with E-state index in [1.54, 1.807) is 0 Å². The highest BCUT2D eigenvalue weighted by Crippen LogP contribution is 2.29. The molecule has 5 heteroatoms.